The Bertz CT molecular complexity index is 730. The van der Waals surface area contributed by atoms with Gasteiger partial charge in [0.05, 0.1) is 10.6 Å². The lowest BCUT2D eigenvalue weighted by molar-refractivity contribution is 0.0786. The Morgan fingerprint density at radius 3 is 2.65 bits per heavy atom. The fourth-order valence-electron chi connectivity index (χ4n) is 3.54. The minimum atomic E-state index is 0.164. The first kappa shape index (κ1) is 16.5. The molecule has 3 rings (SSSR count). The lowest BCUT2D eigenvalue weighted by Gasteiger charge is -2.22. The molecule has 0 N–H and O–H groups in total. The molecule has 1 saturated heterocycles. The molecule has 2 atom stereocenters. The van der Waals surface area contributed by atoms with Gasteiger partial charge in [-0.2, -0.15) is 5.10 Å². The molecule has 0 bridgehead atoms. The predicted octanol–water partition coefficient (Wildman–Crippen LogP) is 2.78. The molecule has 0 radical (unpaired) electrons. The number of hydrogen-bond donors (Lipinski definition) is 0. The van der Waals surface area contributed by atoms with Crippen LogP contribution in [0, 0.1) is 5.92 Å². The number of thiophene rings is 1. The maximum atomic E-state index is 12.9. The molecular weight excluding hydrogens is 308 g/mol. The average molecular weight is 334 g/mol. The second-order valence-electron chi connectivity index (χ2n) is 7.21. The summed E-state index contributed by atoms with van der Waals surface area (Å²) in [4.78, 5) is 19.1. The smallest absolute Gasteiger partial charge is 0.264 e. The molecule has 2 aromatic heterocycles. The van der Waals surface area contributed by atoms with Crippen LogP contribution < -0.4 is 0 Å². The highest BCUT2D eigenvalue weighted by Crippen LogP contribution is 2.33. The number of likely N-dealkylation sites (N-methyl/N-ethyl adjacent to an activating group) is 1. The van der Waals surface area contributed by atoms with Gasteiger partial charge in [-0.05, 0) is 32.0 Å². The summed E-state index contributed by atoms with van der Waals surface area (Å²) in [5.74, 6) is 1.04. The molecule has 0 aliphatic carbocycles. The summed E-state index contributed by atoms with van der Waals surface area (Å²) < 4.78 is 1.90. The molecule has 0 unspecified atom stereocenters. The van der Waals surface area contributed by atoms with E-state index in [9.17, 15) is 4.79 Å². The van der Waals surface area contributed by atoms with Crippen molar-refractivity contribution in [3.05, 3.63) is 16.6 Å². The van der Waals surface area contributed by atoms with Crippen molar-refractivity contribution in [3.63, 3.8) is 0 Å². The fraction of sp³-hybridized carbons (Fsp3) is 0.647. The highest BCUT2D eigenvalue weighted by atomic mass is 32.1. The van der Waals surface area contributed by atoms with Crippen LogP contribution in [0.2, 0.25) is 0 Å². The van der Waals surface area contributed by atoms with Gasteiger partial charge in [0.15, 0.2) is 0 Å². The van der Waals surface area contributed by atoms with Crippen LogP contribution in [0.25, 0.3) is 10.2 Å². The highest BCUT2D eigenvalue weighted by molar-refractivity contribution is 7.20. The van der Waals surface area contributed by atoms with Crippen LogP contribution in [0.3, 0.4) is 0 Å². The Labute approximate surface area is 141 Å². The van der Waals surface area contributed by atoms with Crippen LogP contribution in [0.1, 0.15) is 42.1 Å². The number of aryl methyl sites for hydroxylation is 1. The molecule has 23 heavy (non-hydrogen) atoms. The number of hydrogen-bond acceptors (Lipinski definition) is 4. The van der Waals surface area contributed by atoms with Crippen molar-refractivity contribution in [1.82, 2.24) is 19.6 Å². The van der Waals surface area contributed by atoms with E-state index in [0.29, 0.717) is 17.9 Å². The van der Waals surface area contributed by atoms with Crippen LogP contribution in [0.15, 0.2) is 6.07 Å². The van der Waals surface area contributed by atoms with Gasteiger partial charge < -0.3 is 9.80 Å². The van der Waals surface area contributed by atoms with Crippen LogP contribution in [0.4, 0.5) is 0 Å². The normalized spacial score (nSPS) is 22.0. The Morgan fingerprint density at radius 2 is 2.09 bits per heavy atom. The molecule has 1 fully saturated rings. The summed E-state index contributed by atoms with van der Waals surface area (Å²) in [5.41, 5.74) is 1.08. The molecule has 0 spiro atoms. The summed E-state index contributed by atoms with van der Waals surface area (Å²) in [6.07, 6.45) is 0. The second kappa shape index (κ2) is 5.91. The number of fused-ring (bicyclic) bond motifs is 1. The van der Waals surface area contributed by atoms with Gasteiger partial charge in [0.1, 0.15) is 4.83 Å². The third-order valence-corrected chi connectivity index (χ3v) is 6.01. The molecule has 0 saturated carbocycles. The Kier molecular flexibility index (Phi) is 4.23. The highest BCUT2D eigenvalue weighted by Gasteiger charge is 2.34. The van der Waals surface area contributed by atoms with E-state index in [1.54, 1.807) is 11.3 Å². The Balaban J connectivity index is 1.89. The maximum Gasteiger partial charge on any atom is 0.264 e. The summed E-state index contributed by atoms with van der Waals surface area (Å²) in [6, 6.07) is 2.49. The standard InChI is InChI=1S/C17H26N4OS/c1-10(2)15-12-7-14(23-17(12)20(6)18-15)16(22)21-8-11(3)13(9-21)19(4)5/h7,10-11,13H,8-9H2,1-6H3/t11-,13-/m1/s1. The van der Waals surface area contributed by atoms with E-state index in [0.717, 1.165) is 33.9 Å². The zero-order chi connectivity index (χ0) is 16.9. The first-order valence-corrected chi connectivity index (χ1v) is 9.03. The van der Waals surface area contributed by atoms with E-state index >= 15 is 0 Å². The molecule has 5 nitrogen and oxygen atoms in total. The van der Waals surface area contributed by atoms with Gasteiger partial charge in [0.2, 0.25) is 0 Å². The Morgan fingerprint density at radius 1 is 1.39 bits per heavy atom. The molecule has 126 valence electrons. The quantitative estimate of drug-likeness (QED) is 0.867. The minimum absolute atomic E-state index is 0.164. The molecule has 3 heterocycles. The SMILES string of the molecule is CC(C)c1nn(C)c2sc(C(=O)N3C[C@@H](C)[C@H](N(C)C)C3)cc12. The summed E-state index contributed by atoms with van der Waals surface area (Å²) in [5, 5.41) is 5.72. The third kappa shape index (κ3) is 2.78. The zero-order valence-electron chi connectivity index (χ0n) is 14.8. The Hall–Kier alpha value is -1.40. The molecule has 1 aliphatic heterocycles. The van der Waals surface area contributed by atoms with Crippen LogP contribution in [0.5, 0.6) is 0 Å². The van der Waals surface area contributed by atoms with Crippen molar-refractivity contribution in [1.29, 1.82) is 0 Å². The largest absolute Gasteiger partial charge is 0.336 e. The van der Waals surface area contributed by atoms with Gasteiger partial charge in [-0.15, -0.1) is 11.3 Å². The lowest BCUT2D eigenvalue weighted by atomic mass is 10.1. The molecule has 0 aromatic carbocycles. The topological polar surface area (TPSA) is 41.4 Å². The summed E-state index contributed by atoms with van der Waals surface area (Å²) in [7, 11) is 6.14. The third-order valence-electron chi connectivity index (χ3n) is 4.82. The van der Waals surface area contributed by atoms with Gasteiger partial charge >= 0.3 is 0 Å². The van der Waals surface area contributed by atoms with Crippen LogP contribution >= 0.6 is 11.3 Å². The number of amides is 1. The monoisotopic (exact) mass is 334 g/mol. The van der Waals surface area contributed by atoms with Crippen molar-refractivity contribution in [2.45, 2.75) is 32.7 Å². The van der Waals surface area contributed by atoms with E-state index < -0.39 is 0 Å². The zero-order valence-corrected chi connectivity index (χ0v) is 15.6. The number of aromatic nitrogens is 2. The number of likely N-dealkylation sites (tertiary alicyclic amines) is 1. The van der Waals surface area contributed by atoms with Crippen molar-refractivity contribution in [3.8, 4) is 0 Å². The van der Waals surface area contributed by atoms with E-state index in [-0.39, 0.29) is 5.91 Å². The minimum Gasteiger partial charge on any atom is -0.336 e. The molecule has 2 aromatic rings. The van der Waals surface area contributed by atoms with Crippen LogP contribution in [-0.2, 0) is 7.05 Å². The number of rotatable bonds is 3. The van der Waals surface area contributed by atoms with Gasteiger partial charge in [-0.3, -0.25) is 9.48 Å². The molecule has 6 heteroatoms. The van der Waals surface area contributed by atoms with Crippen molar-refractivity contribution < 1.29 is 4.79 Å². The van der Waals surface area contributed by atoms with Gasteiger partial charge in [0.25, 0.3) is 5.91 Å². The predicted molar refractivity (Wildman–Crippen MR) is 95.2 cm³/mol. The molecule has 1 amide bonds. The van der Waals surface area contributed by atoms with Crippen LogP contribution in [-0.4, -0.2) is 58.7 Å². The summed E-state index contributed by atoms with van der Waals surface area (Å²) >= 11 is 1.56. The van der Waals surface area contributed by atoms with Gasteiger partial charge in [0, 0.05) is 31.6 Å². The van der Waals surface area contributed by atoms with Gasteiger partial charge in [-0.1, -0.05) is 20.8 Å². The fourth-order valence-corrected chi connectivity index (χ4v) is 4.59. The first-order valence-electron chi connectivity index (χ1n) is 8.21. The maximum absolute atomic E-state index is 12.9. The van der Waals surface area contributed by atoms with E-state index in [4.69, 9.17) is 0 Å². The average Bonchev–Trinajstić information content (AvgIpc) is 3.13. The van der Waals surface area contributed by atoms with E-state index in [1.165, 1.54) is 0 Å². The second-order valence-corrected chi connectivity index (χ2v) is 8.24. The first-order chi connectivity index (χ1) is 10.8. The summed E-state index contributed by atoms with van der Waals surface area (Å²) in [6.45, 7) is 8.17. The van der Waals surface area contributed by atoms with Crippen molar-refractivity contribution in [2.24, 2.45) is 13.0 Å². The number of nitrogens with zero attached hydrogens (tertiary/aromatic N) is 4. The number of carbonyl (C=O) groups is 1. The number of carbonyl (C=O) groups excluding carboxylic acids is 1. The lowest BCUT2D eigenvalue weighted by Crippen LogP contribution is -2.35. The van der Waals surface area contributed by atoms with Crippen molar-refractivity contribution >= 4 is 27.5 Å². The van der Waals surface area contributed by atoms with Crippen molar-refractivity contribution in [2.75, 3.05) is 27.2 Å². The molecule has 1 aliphatic rings. The van der Waals surface area contributed by atoms with E-state index in [1.807, 2.05) is 22.7 Å². The van der Waals surface area contributed by atoms with Gasteiger partial charge in [-0.25, -0.2) is 0 Å². The van der Waals surface area contributed by atoms with E-state index in [2.05, 4.69) is 44.9 Å². The molecular formula is C17H26N4OS.